The number of likely N-dealkylation sites (tertiary alicyclic amines) is 1. The maximum absolute atomic E-state index is 5.68. The van der Waals surface area contributed by atoms with Crippen LogP contribution < -0.4 is 5.73 Å². The zero-order chi connectivity index (χ0) is 11.7. The van der Waals surface area contributed by atoms with Crippen LogP contribution in [0.25, 0.3) is 0 Å². The lowest BCUT2D eigenvalue weighted by molar-refractivity contribution is 0.316. The van der Waals surface area contributed by atoms with E-state index >= 15 is 0 Å². The van der Waals surface area contributed by atoms with Gasteiger partial charge in [0.2, 0.25) is 0 Å². The largest absolute Gasteiger partial charge is 0.326 e. The monoisotopic (exact) mass is 238 g/mol. The second-order valence-electron chi connectivity index (χ2n) is 5.15. The molecule has 0 aliphatic carbocycles. The molecule has 0 saturated carbocycles. The number of hydrogen-bond acceptors (Lipinski definition) is 3. The van der Waals surface area contributed by atoms with E-state index in [1.165, 1.54) is 28.4 Å². The summed E-state index contributed by atoms with van der Waals surface area (Å²) in [5.41, 5.74) is 7.16. The van der Waals surface area contributed by atoms with Crippen LogP contribution in [0.1, 0.15) is 29.2 Å². The SMILES string of the molecule is Cc1sc(CN)cc1CN1CC(C)C(C)C1. The fourth-order valence-electron chi connectivity index (χ4n) is 2.46. The van der Waals surface area contributed by atoms with Gasteiger partial charge in [-0.15, -0.1) is 11.3 Å². The highest BCUT2D eigenvalue weighted by Gasteiger charge is 2.26. The van der Waals surface area contributed by atoms with Crippen molar-refractivity contribution in [2.45, 2.75) is 33.9 Å². The molecule has 0 bridgehead atoms. The smallest absolute Gasteiger partial charge is 0.0274 e. The van der Waals surface area contributed by atoms with Crippen LogP contribution in [0, 0.1) is 18.8 Å². The molecule has 0 spiro atoms. The maximum atomic E-state index is 5.68. The summed E-state index contributed by atoms with van der Waals surface area (Å²) < 4.78 is 0. The molecular weight excluding hydrogens is 216 g/mol. The van der Waals surface area contributed by atoms with Gasteiger partial charge in [0.05, 0.1) is 0 Å². The van der Waals surface area contributed by atoms with E-state index in [-0.39, 0.29) is 0 Å². The van der Waals surface area contributed by atoms with Gasteiger partial charge in [0.25, 0.3) is 0 Å². The van der Waals surface area contributed by atoms with Crippen LogP contribution in [0.3, 0.4) is 0 Å². The average molecular weight is 238 g/mol. The fraction of sp³-hybridized carbons (Fsp3) is 0.692. The van der Waals surface area contributed by atoms with E-state index in [0.717, 1.165) is 18.4 Å². The maximum Gasteiger partial charge on any atom is 0.0274 e. The molecule has 1 aliphatic heterocycles. The summed E-state index contributed by atoms with van der Waals surface area (Å²) in [7, 11) is 0. The van der Waals surface area contributed by atoms with Gasteiger partial charge in [0, 0.05) is 35.9 Å². The summed E-state index contributed by atoms with van der Waals surface area (Å²) in [4.78, 5) is 5.32. The van der Waals surface area contributed by atoms with E-state index in [4.69, 9.17) is 5.73 Å². The molecule has 90 valence electrons. The Kier molecular flexibility index (Phi) is 3.67. The summed E-state index contributed by atoms with van der Waals surface area (Å²) in [6.45, 7) is 11.2. The average Bonchev–Trinajstić information content (AvgIpc) is 2.73. The van der Waals surface area contributed by atoms with Gasteiger partial charge in [-0.3, -0.25) is 4.90 Å². The Morgan fingerprint density at radius 3 is 2.50 bits per heavy atom. The Labute approximate surface area is 102 Å². The van der Waals surface area contributed by atoms with Gasteiger partial charge in [-0.05, 0) is 30.4 Å². The highest BCUT2D eigenvalue weighted by atomic mass is 32.1. The van der Waals surface area contributed by atoms with Crippen molar-refractivity contribution in [3.05, 3.63) is 21.4 Å². The van der Waals surface area contributed by atoms with Crippen molar-refractivity contribution in [1.29, 1.82) is 0 Å². The van der Waals surface area contributed by atoms with Crippen LogP contribution in [-0.4, -0.2) is 18.0 Å². The fourth-order valence-corrected chi connectivity index (χ4v) is 3.40. The van der Waals surface area contributed by atoms with Crippen LogP contribution in [0.4, 0.5) is 0 Å². The van der Waals surface area contributed by atoms with Crippen LogP contribution in [0.5, 0.6) is 0 Å². The van der Waals surface area contributed by atoms with Crippen molar-refractivity contribution in [2.24, 2.45) is 17.6 Å². The van der Waals surface area contributed by atoms with Gasteiger partial charge < -0.3 is 5.73 Å². The van der Waals surface area contributed by atoms with Crippen molar-refractivity contribution in [3.63, 3.8) is 0 Å². The van der Waals surface area contributed by atoms with Gasteiger partial charge >= 0.3 is 0 Å². The van der Waals surface area contributed by atoms with E-state index in [9.17, 15) is 0 Å². The first kappa shape index (κ1) is 12.1. The highest BCUT2D eigenvalue weighted by Crippen LogP contribution is 2.27. The van der Waals surface area contributed by atoms with Crippen LogP contribution >= 0.6 is 11.3 Å². The first-order chi connectivity index (χ1) is 7.60. The first-order valence-electron chi connectivity index (χ1n) is 6.10. The minimum absolute atomic E-state index is 0.679. The lowest BCUT2D eigenvalue weighted by atomic mass is 10.0. The van der Waals surface area contributed by atoms with Crippen LogP contribution in [-0.2, 0) is 13.1 Å². The molecule has 2 unspecified atom stereocenters. The third kappa shape index (κ3) is 2.47. The molecule has 1 saturated heterocycles. The Bertz CT molecular complexity index is 349. The van der Waals surface area contributed by atoms with Gasteiger partial charge in [-0.2, -0.15) is 0 Å². The number of rotatable bonds is 3. The lowest BCUT2D eigenvalue weighted by Crippen LogP contribution is -2.20. The molecule has 0 aromatic carbocycles. The van der Waals surface area contributed by atoms with E-state index in [0.29, 0.717) is 6.54 Å². The summed E-state index contributed by atoms with van der Waals surface area (Å²) in [5.74, 6) is 1.68. The molecule has 2 N–H and O–H groups in total. The van der Waals surface area contributed by atoms with E-state index in [1.54, 1.807) is 0 Å². The Morgan fingerprint density at radius 1 is 1.38 bits per heavy atom. The Hall–Kier alpha value is -0.380. The molecule has 3 heteroatoms. The van der Waals surface area contributed by atoms with E-state index in [1.807, 2.05) is 11.3 Å². The summed E-state index contributed by atoms with van der Waals surface area (Å²) in [6.07, 6.45) is 0. The van der Waals surface area contributed by atoms with Crippen LogP contribution in [0.2, 0.25) is 0 Å². The van der Waals surface area contributed by atoms with Crippen molar-refractivity contribution in [3.8, 4) is 0 Å². The number of hydrogen-bond donors (Lipinski definition) is 1. The predicted octanol–water partition coefficient (Wildman–Crippen LogP) is 2.60. The quantitative estimate of drug-likeness (QED) is 0.877. The Morgan fingerprint density at radius 2 is 2.00 bits per heavy atom. The lowest BCUT2D eigenvalue weighted by Gasteiger charge is -2.14. The summed E-state index contributed by atoms with van der Waals surface area (Å²) >= 11 is 1.85. The zero-order valence-electron chi connectivity index (χ0n) is 10.5. The summed E-state index contributed by atoms with van der Waals surface area (Å²) in [6, 6.07) is 2.29. The number of aryl methyl sites for hydroxylation is 1. The van der Waals surface area contributed by atoms with E-state index in [2.05, 4.69) is 31.7 Å². The second kappa shape index (κ2) is 4.86. The topological polar surface area (TPSA) is 29.3 Å². The summed E-state index contributed by atoms with van der Waals surface area (Å²) in [5, 5.41) is 0. The molecular formula is C13H22N2S. The van der Waals surface area contributed by atoms with Gasteiger partial charge in [0.1, 0.15) is 0 Å². The molecule has 1 aliphatic rings. The molecule has 0 radical (unpaired) electrons. The zero-order valence-corrected chi connectivity index (χ0v) is 11.3. The standard InChI is InChI=1S/C13H22N2S/c1-9-6-15(7-10(9)2)8-12-4-13(5-14)16-11(12)3/h4,9-10H,5-8,14H2,1-3H3. The van der Waals surface area contributed by atoms with Crippen molar-refractivity contribution in [1.82, 2.24) is 4.90 Å². The molecule has 2 nitrogen and oxygen atoms in total. The number of thiophene rings is 1. The van der Waals surface area contributed by atoms with Gasteiger partial charge in [0.15, 0.2) is 0 Å². The molecule has 1 aromatic rings. The Balaban J connectivity index is 2.01. The van der Waals surface area contributed by atoms with Crippen molar-refractivity contribution < 1.29 is 0 Å². The first-order valence-corrected chi connectivity index (χ1v) is 6.92. The molecule has 1 aromatic heterocycles. The molecule has 2 heterocycles. The number of nitrogens with zero attached hydrogens (tertiary/aromatic N) is 1. The molecule has 16 heavy (non-hydrogen) atoms. The molecule has 0 amide bonds. The normalized spacial score (nSPS) is 26.5. The minimum Gasteiger partial charge on any atom is -0.326 e. The van der Waals surface area contributed by atoms with E-state index < -0.39 is 0 Å². The molecule has 2 rings (SSSR count). The predicted molar refractivity (Wildman–Crippen MR) is 70.6 cm³/mol. The third-order valence-electron chi connectivity index (χ3n) is 3.73. The van der Waals surface area contributed by atoms with Crippen LogP contribution in [0.15, 0.2) is 6.07 Å². The highest BCUT2D eigenvalue weighted by molar-refractivity contribution is 7.12. The van der Waals surface area contributed by atoms with Gasteiger partial charge in [-0.25, -0.2) is 0 Å². The second-order valence-corrected chi connectivity index (χ2v) is 6.49. The number of nitrogens with two attached hydrogens (primary N) is 1. The third-order valence-corrected chi connectivity index (χ3v) is 4.85. The molecule has 2 atom stereocenters. The molecule has 1 fully saturated rings. The van der Waals surface area contributed by atoms with Gasteiger partial charge in [-0.1, -0.05) is 13.8 Å². The van der Waals surface area contributed by atoms with Crippen molar-refractivity contribution in [2.75, 3.05) is 13.1 Å². The minimum atomic E-state index is 0.679. The van der Waals surface area contributed by atoms with Crippen molar-refractivity contribution >= 4 is 11.3 Å².